The summed E-state index contributed by atoms with van der Waals surface area (Å²) in [4.78, 5) is 11.6. The number of likely N-dealkylation sites (N-methyl/N-ethyl adjacent to an activating group) is 1. The van der Waals surface area contributed by atoms with Crippen LogP contribution >= 0.6 is 0 Å². The van der Waals surface area contributed by atoms with Gasteiger partial charge in [-0.3, -0.25) is 4.79 Å². The van der Waals surface area contributed by atoms with Gasteiger partial charge in [0.15, 0.2) is 0 Å². The fourth-order valence-electron chi connectivity index (χ4n) is 2.31. The van der Waals surface area contributed by atoms with Gasteiger partial charge in [0.2, 0.25) is 0 Å². The van der Waals surface area contributed by atoms with Gasteiger partial charge in [-0.25, -0.2) is 0 Å². The monoisotopic (exact) mass is 267 g/mol. The maximum absolute atomic E-state index is 11.6. The molecule has 20 heavy (non-hydrogen) atoms. The Labute approximate surface area is 120 Å². The van der Waals surface area contributed by atoms with E-state index in [2.05, 4.69) is 41.7 Å². The quantitative estimate of drug-likeness (QED) is 0.868. The number of ketones is 1. The smallest absolute Gasteiger partial charge is 0.147 e. The third kappa shape index (κ3) is 3.78. The van der Waals surface area contributed by atoms with E-state index in [9.17, 15) is 4.79 Å². The van der Waals surface area contributed by atoms with Gasteiger partial charge in [0.25, 0.3) is 0 Å². The van der Waals surface area contributed by atoms with Crippen LogP contribution in [0, 0.1) is 0 Å². The summed E-state index contributed by atoms with van der Waals surface area (Å²) >= 11 is 0. The third-order valence-electron chi connectivity index (χ3n) is 3.44. The SMILES string of the molecule is CCNC(Cc1ccc(-c2ccccc2)cc1)C(C)=O. The van der Waals surface area contributed by atoms with Gasteiger partial charge < -0.3 is 5.32 Å². The number of carbonyl (C=O) groups excluding carboxylic acids is 1. The molecule has 0 heterocycles. The molecule has 0 spiro atoms. The van der Waals surface area contributed by atoms with Crippen LogP contribution in [0.3, 0.4) is 0 Å². The fourth-order valence-corrected chi connectivity index (χ4v) is 2.31. The Balaban J connectivity index is 2.10. The first-order valence-electron chi connectivity index (χ1n) is 7.09. The average Bonchev–Trinajstić information content (AvgIpc) is 2.48. The number of Topliss-reactive ketones (excluding diaryl/α,β-unsaturated/α-hetero) is 1. The topological polar surface area (TPSA) is 29.1 Å². The van der Waals surface area contributed by atoms with Crippen LogP contribution in [0.4, 0.5) is 0 Å². The van der Waals surface area contributed by atoms with Crippen LogP contribution in [0.25, 0.3) is 11.1 Å². The molecule has 104 valence electrons. The second-order valence-electron chi connectivity index (χ2n) is 4.99. The van der Waals surface area contributed by atoms with Gasteiger partial charge >= 0.3 is 0 Å². The molecule has 0 aliphatic carbocycles. The van der Waals surface area contributed by atoms with Gasteiger partial charge in [-0.15, -0.1) is 0 Å². The molecule has 0 aromatic heterocycles. The van der Waals surface area contributed by atoms with Crippen LogP contribution in [-0.4, -0.2) is 18.4 Å². The molecular weight excluding hydrogens is 246 g/mol. The van der Waals surface area contributed by atoms with Gasteiger partial charge in [-0.1, -0.05) is 61.5 Å². The van der Waals surface area contributed by atoms with Crippen molar-refractivity contribution in [2.24, 2.45) is 0 Å². The van der Waals surface area contributed by atoms with Crippen molar-refractivity contribution in [1.82, 2.24) is 5.32 Å². The van der Waals surface area contributed by atoms with Crippen LogP contribution < -0.4 is 5.32 Å². The standard InChI is InChI=1S/C18H21NO/c1-3-19-18(14(2)20)13-15-9-11-17(12-10-15)16-7-5-4-6-8-16/h4-12,18-19H,3,13H2,1-2H3. The summed E-state index contributed by atoms with van der Waals surface area (Å²) in [5, 5.41) is 3.23. The number of hydrogen-bond acceptors (Lipinski definition) is 2. The summed E-state index contributed by atoms with van der Waals surface area (Å²) in [6.07, 6.45) is 0.748. The third-order valence-corrected chi connectivity index (χ3v) is 3.44. The summed E-state index contributed by atoms with van der Waals surface area (Å²) in [7, 11) is 0. The van der Waals surface area contributed by atoms with Crippen LogP contribution in [0.2, 0.25) is 0 Å². The van der Waals surface area contributed by atoms with E-state index < -0.39 is 0 Å². The minimum atomic E-state index is -0.0809. The molecule has 0 fully saturated rings. The molecule has 0 radical (unpaired) electrons. The molecule has 0 amide bonds. The van der Waals surface area contributed by atoms with E-state index in [0.29, 0.717) is 0 Å². The minimum Gasteiger partial charge on any atom is -0.307 e. The van der Waals surface area contributed by atoms with Gasteiger partial charge in [0.1, 0.15) is 5.78 Å². The lowest BCUT2D eigenvalue weighted by Crippen LogP contribution is -2.37. The van der Waals surface area contributed by atoms with Gasteiger partial charge in [-0.05, 0) is 36.6 Å². The van der Waals surface area contributed by atoms with E-state index in [-0.39, 0.29) is 11.8 Å². The van der Waals surface area contributed by atoms with Crippen molar-refractivity contribution < 1.29 is 4.79 Å². The lowest BCUT2D eigenvalue weighted by molar-refractivity contribution is -0.118. The number of nitrogens with one attached hydrogen (secondary N) is 1. The summed E-state index contributed by atoms with van der Waals surface area (Å²) in [5.41, 5.74) is 3.61. The van der Waals surface area contributed by atoms with Crippen LogP contribution in [0.15, 0.2) is 54.6 Å². The normalized spacial score (nSPS) is 12.1. The zero-order valence-electron chi connectivity index (χ0n) is 12.1. The summed E-state index contributed by atoms with van der Waals surface area (Å²) in [5.74, 6) is 0.194. The first-order chi connectivity index (χ1) is 9.70. The van der Waals surface area contributed by atoms with Gasteiger partial charge in [-0.2, -0.15) is 0 Å². The lowest BCUT2D eigenvalue weighted by Gasteiger charge is -2.14. The highest BCUT2D eigenvalue weighted by Gasteiger charge is 2.13. The number of hydrogen-bond donors (Lipinski definition) is 1. The van der Waals surface area contributed by atoms with E-state index in [0.717, 1.165) is 13.0 Å². The molecule has 2 heteroatoms. The molecule has 2 aromatic carbocycles. The highest BCUT2D eigenvalue weighted by atomic mass is 16.1. The molecule has 0 aliphatic heterocycles. The van der Waals surface area contributed by atoms with Gasteiger partial charge in [0, 0.05) is 0 Å². The number of carbonyl (C=O) groups is 1. The van der Waals surface area contributed by atoms with Crippen molar-refractivity contribution in [2.75, 3.05) is 6.54 Å². The molecule has 1 atom stereocenters. The Kier molecular flexibility index (Phi) is 5.08. The van der Waals surface area contributed by atoms with Crippen molar-refractivity contribution in [2.45, 2.75) is 26.3 Å². The average molecular weight is 267 g/mol. The summed E-state index contributed by atoms with van der Waals surface area (Å²) in [6.45, 7) is 4.48. The molecule has 0 bridgehead atoms. The molecule has 0 saturated heterocycles. The van der Waals surface area contributed by atoms with Gasteiger partial charge in [0.05, 0.1) is 6.04 Å². The van der Waals surface area contributed by atoms with Crippen LogP contribution in [-0.2, 0) is 11.2 Å². The van der Waals surface area contributed by atoms with Crippen LogP contribution in [0.5, 0.6) is 0 Å². The van der Waals surface area contributed by atoms with E-state index in [4.69, 9.17) is 0 Å². The molecule has 2 rings (SSSR count). The van der Waals surface area contributed by atoms with Crippen molar-refractivity contribution in [3.05, 3.63) is 60.2 Å². The second kappa shape index (κ2) is 7.01. The summed E-state index contributed by atoms with van der Waals surface area (Å²) in [6, 6.07) is 18.7. The summed E-state index contributed by atoms with van der Waals surface area (Å²) < 4.78 is 0. The van der Waals surface area contributed by atoms with Crippen molar-refractivity contribution in [3.63, 3.8) is 0 Å². The molecule has 1 N–H and O–H groups in total. The number of benzene rings is 2. The maximum atomic E-state index is 11.6. The Hall–Kier alpha value is -1.93. The minimum absolute atomic E-state index is 0.0809. The highest BCUT2D eigenvalue weighted by molar-refractivity contribution is 5.81. The van der Waals surface area contributed by atoms with Crippen molar-refractivity contribution >= 4 is 5.78 Å². The first kappa shape index (κ1) is 14.5. The molecule has 2 aromatic rings. The predicted molar refractivity (Wildman–Crippen MR) is 83.7 cm³/mol. The molecule has 2 nitrogen and oxygen atoms in total. The Bertz CT molecular complexity index is 545. The Morgan fingerprint density at radius 1 is 1.00 bits per heavy atom. The lowest BCUT2D eigenvalue weighted by atomic mass is 9.99. The second-order valence-corrected chi connectivity index (χ2v) is 4.99. The van der Waals surface area contributed by atoms with Crippen LogP contribution in [0.1, 0.15) is 19.4 Å². The van der Waals surface area contributed by atoms with E-state index in [1.54, 1.807) is 6.92 Å². The molecule has 0 saturated carbocycles. The fraction of sp³-hybridized carbons (Fsp3) is 0.278. The predicted octanol–water partition coefficient (Wildman–Crippen LogP) is 3.46. The Morgan fingerprint density at radius 3 is 2.15 bits per heavy atom. The molecule has 0 aliphatic rings. The molecular formula is C18H21NO. The van der Waals surface area contributed by atoms with E-state index in [1.165, 1.54) is 16.7 Å². The largest absolute Gasteiger partial charge is 0.307 e. The van der Waals surface area contributed by atoms with Crippen molar-refractivity contribution in [3.8, 4) is 11.1 Å². The zero-order chi connectivity index (χ0) is 14.4. The highest BCUT2D eigenvalue weighted by Crippen LogP contribution is 2.19. The first-order valence-corrected chi connectivity index (χ1v) is 7.09. The Morgan fingerprint density at radius 2 is 1.60 bits per heavy atom. The maximum Gasteiger partial charge on any atom is 0.147 e. The number of rotatable bonds is 6. The molecule has 1 unspecified atom stereocenters. The van der Waals surface area contributed by atoms with Crippen molar-refractivity contribution in [1.29, 1.82) is 0 Å². The van der Waals surface area contributed by atoms with E-state index >= 15 is 0 Å². The van der Waals surface area contributed by atoms with E-state index in [1.807, 2.05) is 25.1 Å². The zero-order valence-corrected chi connectivity index (χ0v) is 12.1.